The van der Waals surface area contributed by atoms with Gasteiger partial charge in [0.25, 0.3) is 0 Å². The van der Waals surface area contributed by atoms with Gasteiger partial charge in [-0.2, -0.15) is 0 Å². The number of hydrogen-bond donors (Lipinski definition) is 0. The molecule has 1 atom stereocenters. The van der Waals surface area contributed by atoms with Gasteiger partial charge < -0.3 is 0 Å². The van der Waals surface area contributed by atoms with Crippen LogP contribution in [-0.2, 0) is 9.59 Å². The molecule has 0 aromatic carbocycles. The highest BCUT2D eigenvalue weighted by Crippen LogP contribution is 2.00. The van der Waals surface area contributed by atoms with Crippen molar-refractivity contribution in [1.82, 2.24) is 0 Å². The third-order valence-corrected chi connectivity index (χ3v) is 1.54. The van der Waals surface area contributed by atoms with Gasteiger partial charge in [0.05, 0.1) is 0 Å². The predicted octanol–water partition coefficient (Wildman–Crippen LogP) is 0.590. The van der Waals surface area contributed by atoms with Gasteiger partial charge in [0.2, 0.25) is 6.04 Å². The zero-order valence-electron chi connectivity index (χ0n) is 7.07. The zero-order chi connectivity index (χ0) is 9.72. The van der Waals surface area contributed by atoms with Crippen LogP contribution >= 0.6 is 0 Å². The molecule has 0 aromatic heterocycles. The molecule has 0 fully saturated rings. The Bertz CT molecular complexity index is 211. The van der Waals surface area contributed by atoms with Crippen molar-refractivity contribution in [2.75, 3.05) is 0 Å². The quantitative estimate of drug-likeness (QED) is 0.346. The van der Waals surface area contributed by atoms with Crippen LogP contribution in [0.15, 0.2) is 0 Å². The standard InChI is InChI=1S/C7H11NO4/c1-5(8(11)12)3-4-7(10)6(2)9/h5H,3-4H2,1-2H3. The van der Waals surface area contributed by atoms with E-state index in [2.05, 4.69) is 0 Å². The van der Waals surface area contributed by atoms with Crippen molar-refractivity contribution < 1.29 is 14.5 Å². The Morgan fingerprint density at radius 3 is 2.33 bits per heavy atom. The van der Waals surface area contributed by atoms with Crippen molar-refractivity contribution in [2.45, 2.75) is 32.7 Å². The first kappa shape index (κ1) is 10.7. The van der Waals surface area contributed by atoms with Gasteiger partial charge in [-0.05, 0) is 0 Å². The predicted molar refractivity (Wildman–Crippen MR) is 41.4 cm³/mol. The summed E-state index contributed by atoms with van der Waals surface area (Å²) >= 11 is 0. The van der Waals surface area contributed by atoms with E-state index in [9.17, 15) is 19.7 Å². The smallest absolute Gasteiger partial charge is 0.210 e. The minimum absolute atomic E-state index is 0.0303. The summed E-state index contributed by atoms with van der Waals surface area (Å²) in [6.45, 7) is 2.58. The Labute approximate surface area is 69.9 Å². The SMILES string of the molecule is CC(=O)C(=O)CCC(C)[N+](=O)[O-]. The molecular formula is C7H11NO4. The summed E-state index contributed by atoms with van der Waals surface area (Å²) in [5.41, 5.74) is 0. The second-order valence-electron chi connectivity index (χ2n) is 2.65. The van der Waals surface area contributed by atoms with Crippen molar-refractivity contribution in [1.29, 1.82) is 0 Å². The fourth-order valence-electron chi connectivity index (χ4n) is 0.621. The summed E-state index contributed by atoms with van der Waals surface area (Å²) in [7, 11) is 0. The lowest BCUT2D eigenvalue weighted by atomic mass is 10.1. The van der Waals surface area contributed by atoms with Crippen molar-refractivity contribution >= 4 is 11.6 Å². The summed E-state index contributed by atoms with van der Waals surface area (Å²) in [5, 5.41) is 10.1. The fourth-order valence-corrected chi connectivity index (χ4v) is 0.621. The molecule has 12 heavy (non-hydrogen) atoms. The maximum Gasteiger partial charge on any atom is 0.210 e. The second kappa shape index (κ2) is 4.58. The van der Waals surface area contributed by atoms with Crippen molar-refractivity contribution in [3.05, 3.63) is 10.1 Å². The summed E-state index contributed by atoms with van der Waals surface area (Å²) in [6, 6.07) is -0.756. The summed E-state index contributed by atoms with van der Waals surface area (Å²) in [6.07, 6.45) is 0.100. The van der Waals surface area contributed by atoms with E-state index in [1.165, 1.54) is 13.8 Å². The van der Waals surface area contributed by atoms with E-state index in [-0.39, 0.29) is 12.8 Å². The van der Waals surface area contributed by atoms with Gasteiger partial charge in [0.1, 0.15) is 0 Å². The van der Waals surface area contributed by atoms with Gasteiger partial charge in [0.15, 0.2) is 11.6 Å². The van der Waals surface area contributed by atoms with Gasteiger partial charge in [-0.15, -0.1) is 0 Å². The number of nitro groups is 1. The van der Waals surface area contributed by atoms with Gasteiger partial charge in [0, 0.05) is 31.6 Å². The maximum absolute atomic E-state index is 10.7. The highest BCUT2D eigenvalue weighted by Gasteiger charge is 2.16. The molecule has 1 unspecified atom stereocenters. The van der Waals surface area contributed by atoms with E-state index >= 15 is 0 Å². The van der Waals surface area contributed by atoms with Crippen LogP contribution in [0.2, 0.25) is 0 Å². The lowest BCUT2D eigenvalue weighted by Gasteiger charge is -2.00. The number of rotatable bonds is 5. The molecule has 0 bridgehead atoms. The molecule has 5 nitrogen and oxygen atoms in total. The van der Waals surface area contributed by atoms with E-state index in [1.807, 2.05) is 0 Å². The largest absolute Gasteiger partial charge is 0.291 e. The van der Waals surface area contributed by atoms with E-state index < -0.39 is 22.5 Å². The van der Waals surface area contributed by atoms with Crippen molar-refractivity contribution in [3.63, 3.8) is 0 Å². The molecule has 0 spiro atoms. The Morgan fingerprint density at radius 2 is 2.00 bits per heavy atom. The average Bonchev–Trinajstić information content (AvgIpc) is 1.98. The molecule has 0 aliphatic heterocycles. The highest BCUT2D eigenvalue weighted by atomic mass is 16.6. The number of carbonyl (C=O) groups is 2. The first-order valence-corrected chi connectivity index (χ1v) is 3.62. The molecule has 0 aliphatic rings. The molecule has 0 saturated heterocycles. The van der Waals surface area contributed by atoms with Gasteiger partial charge in [-0.1, -0.05) is 0 Å². The van der Waals surface area contributed by atoms with E-state index in [0.29, 0.717) is 0 Å². The van der Waals surface area contributed by atoms with Crippen LogP contribution < -0.4 is 0 Å². The van der Waals surface area contributed by atoms with Crippen LogP contribution in [0.25, 0.3) is 0 Å². The molecule has 5 heteroatoms. The van der Waals surface area contributed by atoms with Crippen molar-refractivity contribution in [3.8, 4) is 0 Å². The lowest BCUT2D eigenvalue weighted by molar-refractivity contribution is -0.518. The van der Waals surface area contributed by atoms with E-state index in [4.69, 9.17) is 0 Å². The molecule has 0 aliphatic carbocycles. The Hall–Kier alpha value is -1.26. The van der Waals surface area contributed by atoms with Crippen LogP contribution in [0, 0.1) is 10.1 Å². The Morgan fingerprint density at radius 1 is 1.50 bits per heavy atom. The van der Waals surface area contributed by atoms with Crippen LogP contribution in [0.5, 0.6) is 0 Å². The molecule has 0 amide bonds. The van der Waals surface area contributed by atoms with Crippen LogP contribution in [0.4, 0.5) is 0 Å². The average molecular weight is 173 g/mol. The van der Waals surface area contributed by atoms with Crippen LogP contribution in [0.3, 0.4) is 0 Å². The lowest BCUT2D eigenvalue weighted by Crippen LogP contribution is -2.18. The number of hydrogen-bond acceptors (Lipinski definition) is 4. The normalized spacial score (nSPS) is 12.2. The monoisotopic (exact) mass is 173 g/mol. The fraction of sp³-hybridized carbons (Fsp3) is 0.714. The molecule has 0 N–H and O–H groups in total. The topological polar surface area (TPSA) is 77.3 Å². The first-order valence-electron chi connectivity index (χ1n) is 3.62. The number of nitrogens with zero attached hydrogens (tertiary/aromatic N) is 1. The highest BCUT2D eigenvalue weighted by molar-refractivity contribution is 6.36. The molecule has 0 saturated carbocycles. The Kier molecular flexibility index (Phi) is 4.10. The molecular weight excluding hydrogens is 162 g/mol. The second-order valence-corrected chi connectivity index (χ2v) is 2.65. The third-order valence-electron chi connectivity index (χ3n) is 1.54. The minimum atomic E-state index is -0.756. The molecule has 0 aromatic rings. The molecule has 0 radical (unpaired) electrons. The first-order chi connectivity index (χ1) is 5.45. The Balaban J connectivity index is 3.76. The van der Waals surface area contributed by atoms with Gasteiger partial charge >= 0.3 is 0 Å². The number of Topliss-reactive ketones (excluding diaryl/α,β-unsaturated/α-hetero) is 2. The van der Waals surface area contributed by atoms with E-state index in [0.717, 1.165) is 0 Å². The maximum atomic E-state index is 10.7. The van der Waals surface area contributed by atoms with E-state index in [1.54, 1.807) is 0 Å². The molecule has 0 heterocycles. The number of ketones is 2. The zero-order valence-corrected chi connectivity index (χ0v) is 7.07. The minimum Gasteiger partial charge on any atom is -0.291 e. The third kappa shape index (κ3) is 3.80. The number of carbonyl (C=O) groups excluding carboxylic acids is 2. The van der Waals surface area contributed by atoms with Crippen molar-refractivity contribution in [2.24, 2.45) is 0 Å². The summed E-state index contributed by atoms with van der Waals surface area (Å²) < 4.78 is 0. The molecule has 68 valence electrons. The molecule has 0 rings (SSSR count). The summed E-state index contributed by atoms with van der Waals surface area (Å²) in [4.78, 5) is 30.7. The van der Waals surface area contributed by atoms with Gasteiger partial charge in [-0.3, -0.25) is 19.7 Å². The van der Waals surface area contributed by atoms with Crippen LogP contribution in [0.1, 0.15) is 26.7 Å². The summed E-state index contributed by atoms with van der Waals surface area (Å²) in [5.74, 6) is -1.07. The van der Waals surface area contributed by atoms with Gasteiger partial charge in [-0.25, -0.2) is 0 Å². The van der Waals surface area contributed by atoms with Crippen LogP contribution in [-0.4, -0.2) is 22.5 Å².